The van der Waals surface area contributed by atoms with E-state index < -0.39 is 0 Å². The quantitative estimate of drug-likeness (QED) is 0.731. The van der Waals surface area contributed by atoms with Gasteiger partial charge in [0.2, 0.25) is 5.91 Å². The van der Waals surface area contributed by atoms with Crippen molar-refractivity contribution in [1.82, 2.24) is 20.0 Å². The molecule has 0 spiro atoms. The van der Waals surface area contributed by atoms with Crippen LogP contribution < -0.4 is 15.4 Å². The average molecular weight is 452 g/mol. The number of carbonyl (C=O) groups is 2. The lowest BCUT2D eigenvalue weighted by atomic mass is 10.1. The fraction of sp³-hybridized carbons (Fsp3) is 0.440. The first-order chi connectivity index (χ1) is 16.0. The van der Waals surface area contributed by atoms with Gasteiger partial charge in [-0.15, -0.1) is 0 Å². The van der Waals surface area contributed by atoms with Crippen LogP contribution in [0.3, 0.4) is 0 Å². The fourth-order valence-corrected chi connectivity index (χ4v) is 4.22. The number of hydrogen-bond donors (Lipinski definition) is 2. The third-order valence-corrected chi connectivity index (χ3v) is 6.18. The molecule has 176 valence electrons. The maximum atomic E-state index is 13.0. The molecule has 2 N–H and O–H groups in total. The summed E-state index contributed by atoms with van der Waals surface area (Å²) >= 11 is 0. The maximum Gasteiger partial charge on any atom is 0.321 e. The van der Waals surface area contributed by atoms with Gasteiger partial charge in [-0.1, -0.05) is 24.3 Å². The van der Waals surface area contributed by atoms with Crippen molar-refractivity contribution in [3.8, 4) is 11.5 Å². The highest BCUT2D eigenvalue weighted by Gasteiger charge is 2.32. The van der Waals surface area contributed by atoms with E-state index in [0.29, 0.717) is 43.7 Å². The van der Waals surface area contributed by atoms with E-state index in [2.05, 4.69) is 29.4 Å². The van der Waals surface area contributed by atoms with Gasteiger partial charge >= 0.3 is 6.03 Å². The average Bonchev–Trinajstić information content (AvgIpc) is 2.84. The molecule has 8 nitrogen and oxygen atoms in total. The van der Waals surface area contributed by atoms with E-state index in [1.54, 1.807) is 11.0 Å². The monoisotopic (exact) mass is 451 g/mol. The second-order valence-electron chi connectivity index (χ2n) is 8.78. The summed E-state index contributed by atoms with van der Waals surface area (Å²) in [6.45, 7) is 8.96. The summed E-state index contributed by atoms with van der Waals surface area (Å²) in [4.78, 5) is 31.7. The highest BCUT2D eigenvalue weighted by Crippen LogP contribution is 2.24. The number of para-hydroxylation sites is 1. The molecule has 0 radical (unpaired) electrons. The Kier molecular flexibility index (Phi) is 7.47. The first kappa shape index (κ1) is 23.1. The van der Waals surface area contributed by atoms with Crippen LogP contribution >= 0.6 is 0 Å². The van der Waals surface area contributed by atoms with Gasteiger partial charge in [-0.05, 0) is 38.1 Å². The van der Waals surface area contributed by atoms with Crippen molar-refractivity contribution < 1.29 is 14.3 Å². The largest absolute Gasteiger partial charge is 0.457 e. The van der Waals surface area contributed by atoms with Crippen LogP contribution in [-0.4, -0.2) is 84.5 Å². The number of nitrogens with zero attached hydrogens (tertiary/aromatic N) is 3. The molecule has 0 bridgehead atoms. The summed E-state index contributed by atoms with van der Waals surface area (Å²) < 4.78 is 5.85. The Morgan fingerprint density at radius 2 is 1.64 bits per heavy atom. The molecule has 2 saturated heterocycles. The Labute approximate surface area is 195 Å². The van der Waals surface area contributed by atoms with E-state index in [1.165, 1.54) is 0 Å². The number of carbonyl (C=O) groups excluding carboxylic acids is 2. The van der Waals surface area contributed by atoms with Gasteiger partial charge in [-0.25, -0.2) is 4.79 Å². The molecule has 0 saturated carbocycles. The number of benzene rings is 2. The van der Waals surface area contributed by atoms with Crippen molar-refractivity contribution >= 4 is 17.6 Å². The molecule has 0 unspecified atom stereocenters. The second kappa shape index (κ2) is 10.7. The number of nitrogens with one attached hydrogen (secondary N) is 2. The summed E-state index contributed by atoms with van der Waals surface area (Å²) in [6, 6.07) is 17.0. The molecule has 2 fully saturated rings. The fourth-order valence-electron chi connectivity index (χ4n) is 4.22. The van der Waals surface area contributed by atoms with Gasteiger partial charge in [-0.3, -0.25) is 9.69 Å². The molecule has 0 aliphatic carbocycles. The molecule has 33 heavy (non-hydrogen) atoms. The van der Waals surface area contributed by atoms with Crippen LogP contribution in [0.5, 0.6) is 11.5 Å². The summed E-state index contributed by atoms with van der Waals surface area (Å²) in [6.07, 6.45) is 0. The second-order valence-corrected chi connectivity index (χ2v) is 8.78. The summed E-state index contributed by atoms with van der Waals surface area (Å²) in [5.41, 5.74) is 0.673. The molecular formula is C25H33N5O3. The van der Waals surface area contributed by atoms with E-state index in [0.717, 1.165) is 25.4 Å². The van der Waals surface area contributed by atoms with Gasteiger partial charge in [0, 0.05) is 63.6 Å². The smallest absolute Gasteiger partial charge is 0.321 e. The number of ether oxygens (including phenoxy) is 1. The van der Waals surface area contributed by atoms with Crippen molar-refractivity contribution in [2.24, 2.45) is 0 Å². The minimum atomic E-state index is -0.172. The van der Waals surface area contributed by atoms with Gasteiger partial charge < -0.3 is 25.2 Å². The van der Waals surface area contributed by atoms with Crippen LogP contribution in [0.1, 0.15) is 13.8 Å². The molecule has 2 aromatic rings. The van der Waals surface area contributed by atoms with Gasteiger partial charge in [0.05, 0.1) is 6.04 Å². The molecule has 4 rings (SSSR count). The molecule has 0 aromatic heterocycles. The number of urea groups is 1. The zero-order valence-corrected chi connectivity index (χ0v) is 19.4. The molecule has 8 heteroatoms. The van der Waals surface area contributed by atoms with E-state index in [1.807, 2.05) is 53.4 Å². The maximum absolute atomic E-state index is 13.0. The third kappa shape index (κ3) is 6.03. The predicted octanol–water partition coefficient (Wildman–Crippen LogP) is 2.84. The van der Waals surface area contributed by atoms with E-state index in [9.17, 15) is 9.59 Å². The van der Waals surface area contributed by atoms with E-state index in [4.69, 9.17) is 4.74 Å². The van der Waals surface area contributed by atoms with Gasteiger partial charge in [-0.2, -0.15) is 0 Å². The third-order valence-electron chi connectivity index (χ3n) is 6.18. The number of amides is 3. The highest BCUT2D eigenvalue weighted by molar-refractivity contribution is 5.90. The Bertz CT molecular complexity index is 944. The van der Waals surface area contributed by atoms with E-state index >= 15 is 0 Å². The first-order valence-electron chi connectivity index (χ1n) is 11.6. The van der Waals surface area contributed by atoms with Crippen molar-refractivity contribution in [2.45, 2.75) is 25.9 Å². The van der Waals surface area contributed by atoms with E-state index in [-0.39, 0.29) is 18.0 Å². The van der Waals surface area contributed by atoms with Crippen LogP contribution in [0, 0.1) is 0 Å². The molecule has 2 heterocycles. The van der Waals surface area contributed by atoms with Gasteiger partial charge in [0.15, 0.2) is 0 Å². The standard InChI is InChI=1S/C25H33N5O3/c1-19(2)30-12-11-26-23(18-30)24(31)28-13-15-29(16-14-28)25(32)27-20-7-6-10-22(17-20)33-21-8-4-3-5-9-21/h3-10,17,19,23,26H,11-16,18H2,1-2H3,(H,27,32)/t23-/m1/s1. The summed E-state index contributed by atoms with van der Waals surface area (Å²) in [5.74, 6) is 1.53. The minimum Gasteiger partial charge on any atom is -0.457 e. The lowest BCUT2D eigenvalue weighted by Gasteiger charge is -2.40. The van der Waals surface area contributed by atoms with Crippen LogP contribution in [0.4, 0.5) is 10.5 Å². The number of piperazine rings is 2. The minimum absolute atomic E-state index is 0.131. The number of anilines is 1. The Morgan fingerprint density at radius 1 is 0.939 bits per heavy atom. The van der Waals surface area contributed by atoms with Crippen LogP contribution in [0.15, 0.2) is 54.6 Å². The zero-order valence-electron chi connectivity index (χ0n) is 19.4. The molecule has 2 aliphatic heterocycles. The molecular weight excluding hydrogens is 418 g/mol. The lowest BCUT2D eigenvalue weighted by molar-refractivity contribution is -0.136. The highest BCUT2D eigenvalue weighted by atomic mass is 16.5. The number of hydrogen-bond acceptors (Lipinski definition) is 5. The van der Waals surface area contributed by atoms with Crippen LogP contribution in [0.25, 0.3) is 0 Å². The Morgan fingerprint density at radius 3 is 2.36 bits per heavy atom. The molecule has 2 aliphatic rings. The Balaban J connectivity index is 1.27. The normalized spacial score (nSPS) is 19.4. The lowest BCUT2D eigenvalue weighted by Crippen LogP contribution is -2.61. The van der Waals surface area contributed by atoms with Crippen LogP contribution in [0.2, 0.25) is 0 Å². The summed E-state index contributed by atoms with van der Waals surface area (Å²) in [7, 11) is 0. The van der Waals surface area contributed by atoms with Crippen molar-refractivity contribution in [3.05, 3.63) is 54.6 Å². The number of rotatable bonds is 5. The predicted molar refractivity (Wildman–Crippen MR) is 129 cm³/mol. The SMILES string of the molecule is CC(C)N1CCN[C@@H](C(=O)N2CCN(C(=O)Nc3cccc(Oc4ccccc4)c3)CC2)C1. The summed E-state index contributed by atoms with van der Waals surface area (Å²) in [5, 5.41) is 6.30. The first-order valence-corrected chi connectivity index (χ1v) is 11.6. The van der Waals surface area contributed by atoms with Crippen molar-refractivity contribution in [1.29, 1.82) is 0 Å². The van der Waals surface area contributed by atoms with Gasteiger partial charge in [0.1, 0.15) is 11.5 Å². The van der Waals surface area contributed by atoms with Crippen molar-refractivity contribution in [2.75, 3.05) is 51.1 Å². The molecule has 3 amide bonds. The van der Waals surface area contributed by atoms with Gasteiger partial charge in [0.25, 0.3) is 0 Å². The Hall–Kier alpha value is -3.10. The van der Waals surface area contributed by atoms with Crippen molar-refractivity contribution in [3.63, 3.8) is 0 Å². The topological polar surface area (TPSA) is 77.2 Å². The molecule has 2 aromatic carbocycles. The van der Waals surface area contributed by atoms with Crippen LogP contribution in [-0.2, 0) is 4.79 Å². The molecule has 1 atom stereocenters. The zero-order chi connectivity index (χ0) is 23.2.